The fourth-order valence-corrected chi connectivity index (χ4v) is 1.80. The van der Waals surface area contributed by atoms with Crippen molar-refractivity contribution in [3.63, 3.8) is 0 Å². The topological polar surface area (TPSA) is 27.0 Å². The Morgan fingerprint density at radius 3 is 2.14 bits per heavy atom. The highest BCUT2D eigenvalue weighted by atomic mass is 15.2. The smallest absolute Gasteiger partial charge is 0.104 e. The van der Waals surface area contributed by atoms with Gasteiger partial charge < -0.3 is 0 Å². The van der Waals surface area contributed by atoms with Crippen LogP contribution in [0.2, 0.25) is 0 Å². The molecular formula is C12H14N2. The van der Waals surface area contributed by atoms with Gasteiger partial charge in [-0.2, -0.15) is 5.26 Å². The number of hydrogen-bond acceptors (Lipinski definition) is 2. The predicted octanol–water partition coefficient (Wildman–Crippen LogP) is 2.30. The van der Waals surface area contributed by atoms with E-state index in [0.29, 0.717) is 0 Å². The lowest BCUT2D eigenvalue weighted by molar-refractivity contribution is 0.169. The quantitative estimate of drug-likeness (QED) is 0.673. The zero-order chi connectivity index (χ0) is 10.2. The Labute approximate surface area is 84.8 Å². The summed E-state index contributed by atoms with van der Waals surface area (Å²) in [7, 11) is 0. The molecule has 1 heterocycles. The molecule has 0 fully saturated rings. The van der Waals surface area contributed by atoms with Gasteiger partial charge in [-0.3, -0.25) is 4.90 Å². The van der Waals surface area contributed by atoms with Crippen molar-refractivity contribution >= 4 is 0 Å². The van der Waals surface area contributed by atoms with Gasteiger partial charge in [0.25, 0.3) is 0 Å². The minimum Gasteiger partial charge on any atom is -0.277 e. The highest BCUT2D eigenvalue weighted by Gasteiger charge is 2.31. The maximum absolute atomic E-state index is 9.04. The Hall–Kier alpha value is -1.33. The average Bonchev–Trinajstić information content (AvgIpc) is 2.61. The van der Waals surface area contributed by atoms with Crippen LogP contribution in [0.15, 0.2) is 24.3 Å². The van der Waals surface area contributed by atoms with Crippen molar-refractivity contribution in [3.05, 3.63) is 35.4 Å². The van der Waals surface area contributed by atoms with Crippen molar-refractivity contribution < 1.29 is 0 Å². The van der Waals surface area contributed by atoms with Crippen LogP contribution in [-0.4, -0.2) is 10.4 Å². The third-order valence-electron chi connectivity index (χ3n) is 2.90. The van der Waals surface area contributed by atoms with Gasteiger partial charge >= 0.3 is 0 Å². The third-order valence-corrected chi connectivity index (χ3v) is 2.90. The van der Waals surface area contributed by atoms with Crippen LogP contribution in [0.1, 0.15) is 25.0 Å². The molecule has 72 valence electrons. The van der Waals surface area contributed by atoms with Gasteiger partial charge in [-0.05, 0) is 25.0 Å². The Balaban J connectivity index is 2.25. The summed E-state index contributed by atoms with van der Waals surface area (Å²) in [6.45, 7) is 5.74. The number of hydrogen-bond donors (Lipinski definition) is 0. The first-order valence-electron chi connectivity index (χ1n) is 4.86. The molecule has 1 aliphatic rings. The Bertz CT molecular complexity index is 363. The number of benzene rings is 1. The molecule has 0 amide bonds. The van der Waals surface area contributed by atoms with E-state index in [2.05, 4.69) is 35.2 Å². The fourth-order valence-electron chi connectivity index (χ4n) is 1.80. The number of rotatable bonds is 1. The predicted molar refractivity (Wildman–Crippen MR) is 55.4 cm³/mol. The van der Waals surface area contributed by atoms with Crippen molar-refractivity contribution in [3.8, 4) is 6.07 Å². The summed E-state index contributed by atoms with van der Waals surface area (Å²) >= 11 is 0. The summed E-state index contributed by atoms with van der Waals surface area (Å²) in [5.41, 5.74) is 2.35. The first kappa shape index (κ1) is 9.23. The van der Waals surface area contributed by atoms with E-state index in [1.54, 1.807) is 0 Å². The monoisotopic (exact) mass is 186 g/mol. The lowest BCUT2D eigenvalue weighted by Gasteiger charge is -2.28. The second-order valence-corrected chi connectivity index (χ2v) is 4.30. The normalized spacial score (nSPS) is 16.4. The standard InChI is InChI=1S/C12H14N2/c1-12(2,9-13)14-7-10-5-3-4-6-11(10)8-14/h3-6H,7-8H2,1-2H3. The van der Waals surface area contributed by atoms with E-state index in [1.165, 1.54) is 11.1 Å². The van der Waals surface area contributed by atoms with Gasteiger partial charge in [0.2, 0.25) is 0 Å². The molecular weight excluding hydrogens is 172 g/mol. The lowest BCUT2D eigenvalue weighted by atomic mass is 10.1. The molecule has 0 saturated heterocycles. The molecule has 0 atom stereocenters. The zero-order valence-corrected chi connectivity index (χ0v) is 8.62. The SMILES string of the molecule is CC(C)(C#N)N1Cc2ccccc2C1. The maximum atomic E-state index is 9.04. The van der Waals surface area contributed by atoms with Crippen LogP contribution in [-0.2, 0) is 13.1 Å². The highest BCUT2D eigenvalue weighted by Crippen LogP contribution is 2.28. The van der Waals surface area contributed by atoms with Crippen molar-refractivity contribution in [2.45, 2.75) is 32.5 Å². The molecule has 2 heteroatoms. The second kappa shape index (κ2) is 3.11. The van der Waals surface area contributed by atoms with Crippen LogP contribution in [0, 0.1) is 11.3 Å². The van der Waals surface area contributed by atoms with Gasteiger partial charge in [-0.15, -0.1) is 0 Å². The summed E-state index contributed by atoms with van der Waals surface area (Å²) < 4.78 is 0. The van der Waals surface area contributed by atoms with Gasteiger partial charge in [0.05, 0.1) is 6.07 Å². The van der Waals surface area contributed by atoms with E-state index >= 15 is 0 Å². The number of fused-ring (bicyclic) bond motifs is 1. The van der Waals surface area contributed by atoms with Gasteiger partial charge in [-0.1, -0.05) is 24.3 Å². The molecule has 0 bridgehead atoms. The summed E-state index contributed by atoms with van der Waals surface area (Å²) in [4.78, 5) is 2.21. The highest BCUT2D eigenvalue weighted by molar-refractivity contribution is 5.31. The summed E-state index contributed by atoms with van der Waals surface area (Å²) in [6.07, 6.45) is 0. The van der Waals surface area contributed by atoms with Crippen LogP contribution < -0.4 is 0 Å². The minimum atomic E-state index is -0.362. The zero-order valence-electron chi connectivity index (χ0n) is 8.62. The third kappa shape index (κ3) is 1.40. The number of nitriles is 1. The molecule has 0 unspecified atom stereocenters. The number of nitrogens with zero attached hydrogens (tertiary/aromatic N) is 2. The molecule has 1 aromatic rings. The van der Waals surface area contributed by atoms with Crippen molar-refractivity contribution in [2.24, 2.45) is 0 Å². The van der Waals surface area contributed by atoms with Crippen LogP contribution in [0.5, 0.6) is 0 Å². The van der Waals surface area contributed by atoms with E-state index in [1.807, 2.05) is 13.8 Å². The summed E-state index contributed by atoms with van der Waals surface area (Å²) in [5, 5.41) is 9.04. The van der Waals surface area contributed by atoms with Crippen LogP contribution >= 0.6 is 0 Å². The average molecular weight is 186 g/mol. The molecule has 0 aromatic heterocycles. The van der Waals surface area contributed by atoms with Crippen molar-refractivity contribution in [1.29, 1.82) is 5.26 Å². The molecule has 14 heavy (non-hydrogen) atoms. The van der Waals surface area contributed by atoms with E-state index in [0.717, 1.165) is 13.1 Å². The van der Waals surface area contributed by atoms with Gasteiger partial charge in [0.15, 0.2) is 0 Å². The van der Waals surface area contributed by atoms with Gasteiger partial charge in [-0.25, -0.2) is 0 Å². The molecule has 1 aromatic carbocycles. The van der Waals surface area contributed by atoms with Crippen molar-refractivity contribution in [2.75, 3.05) is 0 Å². The van der Waals surface area contributed by atoms with Crippen LogP contribution in [0.25, 0.3) is 0 Å². The van der Waals surface area contributed by atoms with Crippen LogP contribution in [0.4, 0.5) is 0 Å². The first-order valence-corrected chi connectivity index (χ1v) is 4.86. The summed E-state index contributed by atoms with van der Waals surface area (Å²) in [6, 6.07) is 10.7. The van der Waals surface area contributed by atoms with Gasteiger partial charge in [0, 0.05) is 13.1 Å². The molecule has 0 N–H and O–H groups in total. The molecule has 0 radical (unpaired) electrons. The van der Waals surface area contributed by atoms with E-state index in [-0.39, 0.29) is 5.54 Å². The second-order valence-electron chi connectivity index (χ2n) is 4.30. The maximum Gasteiger partial charge on any atom is 0.104 e. The molecule has 1 aliphatic heterocycles. The molecule has 0 aliphatic carbocycles. The molecule has 0 saturated carbocycles. The lowest BCUT2D eigenvalue weighted by Crippen LogP contribution is -2.38. The largest absolute Gasteiger partial charge is 0.277 e. The Kier molecular flexibility index (Phi) is 2.05. The van der Waals surface area contributed by atoms with E-state index in [9.17, 15) is 0 Å². The Morgan fingerprint density at radius 1 is 1.21 bits per heavy atom. The van der Waals surface area contributed by atoms with E-state index in [4.69, 9.17) is 5.26 Å². The molecule has 2 nitrogen and oxygen atoms in total. The fraction of sp³-hybridized carbons (Fsp3) is 0.417. The van der Waals surface area contributed by atoms with Crippen molar-refractivity contribution in [1.82, 2.24) is 4.90 Å². The van der Waals surface area contributed by atoms with E-state index < -0.39 is 0 Å². The minimum absolute atomic E-state index is 0.362. The first-order chi connectivity index (χ1) is 6.63. The summed E-state index contributed by atoms with van der Waals surface area (Å²) in [5.74, 6) is 0. The molecule has 2 rings (SSSR count). The van der Waals surface area contributed by atoms with Crippen LogP contribution in [0.3, 0.4) is 0 Å². The van der Waals surface area contributed by atoms with Gasteiger partial charge in [0.1, 0.15) is 5.54 Å². The Morgan fingerprint density at radius 2 is 1.71 bits per heavy atom. The molecule has 0 spiro atoms.